The van der Waals surface area contributed by atoms with Crippen LogP contribution in [0.2, 0.25) is 5.02 Å². The van der Waals surface area contributed by atoms with Crippen molar-refractivity contribution in [2.24, 2.45) is 5.41 Å². The summed E-state index contributed by atoms with van der Waals surface area (Å²) in [7, 11) is 0. The molecule has 4 rings (SSSR count). The van der Waals surface area contributed by atoms with Gasteiger partial charge in [-0.15, -0.1) is 0 Å². The van der Waals surface area contributed by atoms with E-state index in [1.807, 2.05) is 24.3 Å². The van der Waals surface area contributed by atoms with Crippen LogP contribution in [0.25, 0.3) is 0 Å². The van der Waals surface area contributed by atoms with Gasteiger partial charge in [0, 0.05) is 42.3 Å². The zero-order chi connectivity index (χ0) is 17.4. The number of ether oxygens (including phenoxy) is 1. The fraction of sp³-hybridized carbons (Fsp3) is 0.526. The van der Waals surface area contributed by atoms with E-state index in [2.05, 4.69) is 17.1 Å². The topological polar surface area (TPSA) is 44.8 Å². The van der Waals surface area contributed by atoms with Crippen molar-refractivity contribution in [1.82, 2.24) is 10.2 Å². The van der Waals surface area contributed by atoms with Gasteiger partial charge in [-0.2, -0.15) is 0 Å². The van der Waals surface area contributed by atoms with Crippen molar-refractivity contribution in [2.45, 2.75) is 19.8 Å². The minimum atomic E-state index is -0.0555. The van der Waals surface area contributed by atoms with Gasteiger partial charge in [-0.1, -0.05) is 24.6 Å². The molecule has 1 saturated carbocycles. The number of anilines is 1. The molecule has 0 bridgehead atoms. The minimum Gasteiger partial charge on any atom is -0.486 e. The fourth-order valence-corrected chi connectivity index (χ4v) is 3.50. The molecule has 2 fully saturated rings. The number of nitrogens with zero attached hydrogens (tertiary/aromatic N) is 2. The largest absolute Gasteiger partial charge is 0.486 e. The lowest BCUT2D eigenvalue weighted by Gasteiger charge is -2.31. The first kappa shape index (κ1) is 16.7. The molecule has 0 spiro atoms. The van der Waals surface area contributed by atoms with Gasteiger partial charge in [-0.05, 0) is 31.0 Å². The molecule has 25 heavy (non-hydrogen) atoms. The molecular weight excluding hydrogens is 338 g/mol. The summed E-state index contributed by atoms with van der Waals surface area (Å²) in [5, 5.41) is 3.99. The smallest absolute Gasteiger partial charge is 0.295 e. The van der Waals surface area contributed by atoms with Crippen molar-refractivity contribution < 1.29 is 9.53 Å². The van der Waals surface area contributed by atoms with Crippen LogP contribution >= 0.6 is 11.6 Å². The maximum atomic E-state index is 13.1. The van der Waals surface area contributed by atoms with Crippen LogP contribution in [-0.2, 0) is 9.53 Å². The fourth-order valence-electron chi connectivity index (χ4n) is 3.32. The van der Waals surface area contributed by atoms with E-state index >= 15 is 0 Å². The first-order valence-corrected chi connectivity index (χ1v) is 9.33. The van der Waals surface area contributed by atoms with E-state index in [-0.39, 0.29) is 11.3 Å². The summed E-state index contributed by atoms with van der Waals surface area (Å²) in [5.41, 5.74) is 2.07. The van der Waals surface area contributed by atoms with Crippen molar-refractivity contribution in [1.29, 1.82) is 0 Å². The quantitative estimate of drug-likeness (QED) is 0.875. The van der Waals surface area contributed by atoms with Crippen molar-refractivity contribution in [3.8, 4) is 0 Å². The molecule has 1 aromatic rings. The molecule has 0 unspecified atom stereocenters. The monoisotopic (exact) mass is 361 g/mol. The van der Waals surface area contributed by atoms with Gasteiger partial charge in [0.05, 0.1) is 18.8 Å². The Morgan fingerprint density at radius 3 is 2.72 bits per heavy atom. The van der Waals surface area contributed by atoms with E-state index in [0.717, 1.165) is 37.6 Å². The summed E-state index contributed by atoms with van der Waals surface area (Å²) in [6.45, 7) is 7.04. The first-order valence-electron chi connectivity index (χ1n) is 8.95. The Hall–Kier alpha value is -1.72. The second kappa shape index (κ2) is 6.54. The minimum absolute atomic E-state index is 0.0555. The Bertz CT molecular complexity index is 708. The van der Waals surface area contributed by atoms with Crippen molar-refractivity contribution in [2.75, 3.05) is 44.2 Å². The molecule has 6 heteroatoms. The molecule has 1 N–H and O–H groups in total. The molecule has 0 aromatic heterocycles. The Labute approximate surface area is 153 Å². The number of amides is 1. The van der Waals surface area contributed by atoms with Crippen molar-refractivity contribution in [3.05, 3.63) is 40.7 Å². The number of hydrogen-bond donors (Lipinski definition) is 1. The maximum absolute atomic E-state index is 13.1. The van der Waals surface area contributed by atoms with Crippen LogP contribution in [0.15, 0.2) is 35.7 Å². The highest BCUT2D eigenvalue weighted by atomic mass is 35.5. The molecule has 1 saturated heterocycles. The molecule has 1 aromatic carbocycles. The van der Waals surface area contributed by atoms with Gasteiger partial charge in [0.15, 0.2) is 0 Å². The third kappa shape index (κ3) is 3.48. The Kier molecular flexibility index (Phi) is 4.38. The van der Waals surface area contributed by atoms with Gasteiger partial charge in [0.1, 0.15) is 0 Å². The van der Waals surface area contributed by atoms with Crippen LogP contribution in [0.5, 0.6) is 0 Å². The zero-order valence-corrected chi connectivity index (χ0v) is 15.3. The molecular formula is C19H24ClN3O2. The normalized spacial score (nSPS) is 22.6. The van der Waals surface area contributed by atoms with E-state index in [4.69, 9.17) is 16.3 Å². The van der Waals surface area contributed by atoms with Crippen LogP contribution < -0.4 is 10.2 Å². The standard InChI is InChI=1S/C19H24ClN3O2/c1-19(5-6-19)13-25-17-16(22-9-7-21-8-10-22)12-23(18(17)24)15-4-2-3-14(20)11-15/h2-4,11,21H,5-10,12-13H2,1H3. The highest BCUT2D eigenvalue weighted by Crippen LogP contribution is 2.46. The van der Waals surface area contributed by atoms with Gasteiger partial charge < -0.3 is 15.0 Å². The Morgan fingerprint density at radius 1 is 1.28 bits per heavy atom. The molecule has 2 heterocycles. The predicted molar refractivity (Wildman–Crippen MR) is 98.6 cm³/mol. The molecule has 1 aliphatic carbocycles. The molecule has 134 valence electrons. The summed E-state index contributed by atoms with van der Waals surface area (Å²) in [6.07, 6.45) is 2.35. The third-order valence-electron chi connectivity index (χ3n) is 5.30. The first-order chi connectivity index (χ1) is 12.1. The van der Waals surface area contributed by atoms with Crippen molar-refractivity contribution in [3.63, 3.8) is 0 Å². The Balaban J connectivity index is 1.59. The van der Waals surface area contributed by atoms with Crippen LogP contribution in [0.3, 0.4) is 0 Å². The van der Waals surface area contributed by atoms with E-state index in [1.54, 1.807) is 4.90 Å². The lowest BCUT2D eigenvalue weighted by Crippen LogP contribution is -2.44. The number of rotatable bonds is 5. The third-order valence-corrected chi connectivity index (χ3v) is 5.53. The molecule has 1 amide bonds. The lowest BCUT2D eigenvalue weighted by molar-refractivity contribution is -0.118. The summed E-state index contributed by atoms with van der Waals surface area (Å²) in [6, 6.07) is 7.45. The van der Waals surface area contributed by atoms with E-state index in [1.165, 1.54) is 12.8 Å². The molecule has 2 aliphatic heterocycles. The summed E-state index contributed by atoms with van der Waals surface area (Å²) < 4.78 is 6.08. The van der Waals surface area contributed by atoms with Gasteiger partial charge in [-0.3, -0.25) is 9.69 Å². The van der Waals surface area contributed by atoms with E-state index in [0.29, 0.717) is 23.9 Å². The zero-order valence-electron chi connectivity index (χ0n) is 14.6. The number of benzene rings is 1. The van der Waals surface area contributed by atoms with Gasteiger partial charge >= 0.3 is 0 Å². The highest BCUT2D eigenvalue weighted by Gasteiger charge is 2.41. The summed E-state index contributed by atoms with van der Waals surface area (Å²) in [4.78, 5) is 17.1. The van der Waals surface area contributed by atoms with Gasteiger partial charge in [0.2, 0.25) is 5.76 Å². The highest BCUT2D eigenvalue weighted by molar-refractivity contribution is 6.31. The lowest BCUT2D eigenvalue weighted by atomic mass is 10.2. The average Bonchev–Trinajstić information content (AvgIpc) is 3.26. The van der Waals surface area contributed by atoms with Crippen LogP contribution in [-0.4, -0.2) is 50.1 Å². The van der Waals surface area contributed by atoms with Gasteiger partial charge in [0.25, 0.3) is 5.91 Å². The van der Waals surface area contributed by atoms with E-state index in [9.17, 15) is 4.79 Å². The number of hydrogen-bond acceptors (Lipinski definition) is 4. The number of piperazine rings is 1. The second-order valence-corrected chi connectivity index (χ2v) is 7.92. The molecule has 3 aliphatic rings. The number of nitrogens with one attached hydrogen (secondary N) is 1. The summed E-state index contributed by atoms with van der Waals surface area (Å²) in [5.74, 6) is 0.468. The Morgan fingerprint density at radius 2 is 2.04 bits per heavy atom. The van der Waals surface area contributed by atoms with Gasteiger partial charge in [-0.25, -0.2) is 0 Å². The van der Waals surface area contributed by atoms with E-state index < -0.39 is 0 Å². The van der Waals surface area contributed by atoms with Crippen LogP contribution in [0.1, 0.15) is 19.8 Å². The summed E-state index contributed by atoms with van der Waals surface area (Å²) >= 11 is 6.12. The average molecular weight is 362 g/mol. The number of halogens is 1. The van der Waals surface area contributed by atoms with Crippen molar-refractivity contribution >= 4 is 23.2 Å². The SMILES string of the molecule is CC1(COC2=C(N3CCNCC3)CN(c3cccc(Cl)c3)C2=O)CC1. The van der Waals surface area contributed by atoms with Crippen LogP contribution in [0.4, 0.5) is 5.69 Å². The number of carbonyl (C=O) groups excluding carboxylic acids is 1. The molecule has 5 nitrogen and oxygen atoms in total. The molecule has 0 radical (unpaired) electrons. The predicted octanol–water partition coefficient (Wildman–Crippen LogP) is 2.62. The maximum Gasteiger partial charge on any atom is 0.295 e. The van der Waals surface area contributed by atoms with Crippen LogP contribution in [0, 0.1) is 5.41 Å². The number of carbonyl (C=O) groups is 1. The molecule has 0 atom stereocenters. The second-order valence-electron chi connectivity index (χ2n) is 7.48.